The van der Waals surface area contributed by atoms with E-state index in [1.54, 1.807) is 18.2 Å². The molecule has 3 saturated heterocycles. The number of amides is 3. The lowest BCUT2D eigenvalue weighted by molar-refractivity contribution is -0.135. The predicted molar refractivity (Wildman–Crippen MR) is 123 cm³/mol. The Labute approximate surface area is 196 Å². The molecule has 170 valence electrons. The van der Waals surface area contributed by atoms with E-state index in [2.05, 4.69) is 10.2 Å². The Hall–Kier alpha value is -2.90. The number of fused-ring (bicyclic) bond motifs is 7. The quantitative estimate of drug-likeness (QED) is 0.688. The van der Waals surface area contributed by atoms with Crippen molar-refractivity contribution in [3.8, 4) is 5.75 Å². The van der Waals surface area contributed by atoms with Crippen LogP contribution >= 0.6 is 11.6 Å². The van der Waals surface area contributed by atoms with E-state index in [0.717, 1.165) is 35.2 Å². The lowest BCUT2D eigenvalue weighted by Crippen LogP contribution is -2.54. The van der Waals surface area contributed by atoms with Crippen LogP contribution in [0, 0.1) is 25.7 Å². The van der Waals surface area contributed by atoms with Crippen molar-refractivity contribution in [2.45, 2.75) is 38.3 Å². The van der Waals surface area contributed by atoms with Crippen molar-refractivity contribution in [1.82, 2.24) is 4.90 Å². The van der Waals surface area contributed by atoms with Crippen molar-refractivity contribution in [3.63, 3.8) is 0 Å². The van der Waals surface area contributed by atoms with Crippen LogP contribution in [-0.4, -0.2) is 42.3 Å². The standard InChI is InChI=1S/C25H24ClN3O4/c1-12-9-13(2)21-15(10-12)25(24(32)27-21)20-19(16-5-4-8-28(16)25)22(30)29(23(20)31)17-11-14(26)6-7-18(17)33-3/h6-7,9-11,16,19-20H,4-5,8H2,1-3H3,(H,27,32)/t16-,19+,20+,25-/m0/s1. The maximum Gasteiger partial charge on any atom is 0.250 e. The number of imide groups is 1. The van der Waals surface area contributed by atoms with Gasteiger partial charge in [0.1, 0.15) is 11.3 Å². The second-order valence-corrected chi connectivity index (χ2v) is 9.90. The zero-order valence-electron chi connectivity index (χ0n) is 18.6. The van der Waals surface area contributed by atoms with Gasteiger partial charge in [-0.1, -0.05) is 29.3 Å². The summed E-state index contributed by atoms with van der Waals surface area (Å²) >= 11 is 6.23. The van der Waals surface area contributed by atoms with Gasteiger partial charge < -0.3 is 10.1 Å². The topological polar surface area (TPSA) is 79.0 Å². The molecule has 2 aromatic rings. The summed E-state index contributed by atoms with van der Waals surface area (Å²) in [7, 11) is 1.49. The average Bonchev–Trinajstić information content (AvgIpc) is 3.47. The van der Waals surface area contributed by atoms with Gasteiger partial charge in [-0.15, -0.1) is 0 Å². The van der Waals surface area contributed by atoms with Crippen LogP contribution in [0.2, 0.25) is 5.02 Å². The lowest BCUT2D eigenvalue weighted by Gasteiger charge is -2.37. The molecule has 0 aliphatic carbocycles. The molecule has 3 fully saturated rings. The summed E-state index contributed by atoms with van der Waals surface area (Å²) in [5.74, 6) is -1.89. The van der Waals surface area contributed by atoms with E-state index in [1.807, 2.05) is 26.0 Å². The Morgan fingerprint density at radius 2 is 1.91 bits per heavy atom. The van der Waals surface area contributed by atoms with Crippen LogP contribution in [0.5, 0.6) is 5.75 Å². The minimum Gasteiger partial charge on any atom is -0.495 e. The first-order chi connectivity index (χ1) is 15.8. The molecule has 0 radical (unpaired) electrons. The largest absolute Gasteiger partial charge is 0.495 e. The number of carbonyl (C=O) groups is 3. The zero-order valence-corrected chi connectivity index (χ0v) is 19.4. The van der Waals surface area contributed by atoms with Gasteiger partial charge in [-0.25, -0.2) is 4.90 Å². The number of ether oxygens (including phenoxy) is 1. The number of nitrogens with one attached hydrogen (secondary N) is 1. The van der Waals surface area contributed by atoms with Crippen molar-refractivity contribution in [3.05, 3.63) is 52.0 Å². The molecule has 0 aromatic heterocycles. The summed E-state index contributed by atoms with van der Waals surface area (Å²) in [5.41, 5.74) is 2.69. The fourth-order valence-corrected chi connectivity index (χ4v) is 6.90. The molecule has 8 heteroatoms. The molecule has 1 spiro atoms. The van der Waals surface area contributed by atoms with Crippen LogP contribution < -0.4 is 15.0 Å². The monoisotopic (exact) mass is 465 g/mol. The third kappa shape index (κ3) is 2.41. The highest BCUT2D eigenvalue weighted by atomic mass is 35.5. The van der Waals surface area contributed by atoms with Crippen molar-refractivity contribution in [2.75, 3.05) is 23.9 Å². The van der Waals surface area contributed by atoms with Crippen LogP contribution in [0.25, 0.3) is 0 Å². The molecule has 0 bridgehead atoms. The van der Waals surface area contributed by atoms with Crippen LogP contribution in [0.4, 0.5) is 11.4 Å². The molecule has 4 aliphatic rings. The lowest BCUT2D eigenvalue weighted by atomic mass is 9.75. The van der Waals surface area contributed by atoms with Crippen LogP contribution in [0.1, 0.15) is 29.5 Å². The average molecular weight is 466 g/mol. The Balaban J connectivity index is 1.58. The predicted octanol–water partition coefficient (Wildman–Crippen LogP) is 3.40. The van der Waals surface area contributed by atoms with Gasteiger partial charge in [-0.05, 0) is 57.0 Å². The van der Waals surface area contributed by atoms with Crippen molar-refractivity contribution in [2.24, 2.45) is 11.8 Å². The number of methoxy groups -OCH3 is 1. The maximum absolute atomic E-state index is 14.1. The number of halogens is 1. The van der Waals surface area contributed by atoms with Gasteiger partial charge in [-0.3, -0.25) is 19.3 Å². The number of hydrogen-bond acceptors (Lipinski definition) is 5. The molecule has 0 unspecified atom stereocenters. The van der Waals surface area contributed by atoms with Gasteiger partial charge in [0.15, 0.2) is 0 Å². The molecule has 1 N–H and O–H groups in total. The number of anilines is 2. The summed E-state index contributed by atoms with van der Waals surface area (Å²) in [6.45, 7) is 4.63. The normalized spacial score (nSPS) is 30.1. The van der Waals surface area contributed by atoms with E-state index in [4.69, 9.17) is 16.3 Å². The zero-order chi connectivity index (χ0) is 23.2. The molecule has 4 aliphatic heterocycles. The van der Waals surface area contributed by atoms with E-state index in [0.29, 0.717) is 23.0 Å². The summed E-state index contributed by atoms with van der Waals surface area (Å²) in [6.07, 6.45) is 1.65. The number of aryl methyl sites for hydroxylation is 2. The SMILES string of the molecule is COc1ccc(Cl)cc1N1C(=O)[C@@H]2[C@@H]3CCCN3[C@]3(C(=O)Nc4c(C)cc(C)cc43)[C@H]2C1=O. The molecule has 4 atom stereocenters. The van der Waals surface area contributed by atoms with Gasteiger partial charge in [0.25, 0.3) is 0 Å². The van der Waals surface area contributed by atoms with E-state index in [1.165, 1.54) is 12.0 Å². The van der Waals surface area contributed by atoms with Crippen LogP contribution in [-0.2, 0) is 19.9 Å². The summed E-state index contributed by atoms with van der Waals surface area (Å²) in [6, 6.07) is 8.73. The summed E-state index contributed by atoms with van der Waals surface area (Å²) in [4.78, 5) is 45.1. The Morgan fingerprint density at radius 3 is 2.67 bits per heavy atom. The van der Waals surface area contributed by atoms with Gasteiger partial charge in [-0.2, -0.15) is 0 Å². The minimum atomic E-state index is -1.19. The maximum atomic E-state index is 14.1. The minimum absolute atomic E-state index is 0.167. The van der Waals surface area contributed by atoms with Gasteiger partial charge in [0, 0.05) is 22.3 Å². The number of benzene rings is 2. The fraction of sp³-hybridized carbons (Fsp3) is 0.400. The van der Waals surface area contributed by atoms with Gasteiger partial charge >= 0.3 is 0 Å². The summed E-state index contributed by atoms with van der Waals surface area (Å²) < 4.78 is 5.45. The molecule has 6 rings (SSSR count). The number of rotatable bonds is 2. The second-order valence-electron chi connectivity index (χ2n) is 9.46. The molecule has 4 heterocycles. The molecule has 3 amide bonds. The first kappa shape index (κ1) is 20.7. The first-order valence-corrected chi connectivity index (χ1v) is 11.6. The molecular weight excluding hydrogens is 442 g/mol. The highest BCUT2D eigenvalue weighted by Gasteiger charge is 2.74. The third-order valence-electron chi connectivity index (χ3n) is 7.82. The Bertz CT molecular complexity index is 1260. The van der Waals surface area contributed by atoms with E-state index < -0.39 is 17.4 Å². The van der Waals surface area contributed by atoms with Gasteiger partial charge in [0.05, 0.1) is 24.6 Å². The van der Waals surface area contributed by atoms with Crippen LogP contribution in [0.3, 0.4) is 0 Å². The van der Waals surface area contributed by atoms with Crippen molar-refractivity contribution >= 4 is 40.7 Å². The number of carbonyl (C=O) groups excluding carboxylic acids is 3. The molecule has 33 heavy (non-hydrogen) atoms. The molecule has 7 nitrogen and oxygen atoms in total. The highest BCUT2D eigenvalue weighted by Crippen LogP contribution is 2.61. The van der Waals surface area contributed by atoms with E-state index in [-0.39, 0.29) is 23.8 Å². The van der Waals surface area contributed by atoms with Crippen molar-refractivity contribution in [1.29, 1.82) is 0 Å². The van der Waals surface area contributed by atoms with Gasteiger partial charge in [0.2, 0.25) is 17.7 Å². The second kappa shape index (κ2) is 6.81. The summed E-state index contributed by atoms with van der Waals surface area (Å²) in [5, 5.41) is 3.46. The Kier molecular flexibility index (Phi) is 4.27. The first-order valence-electron chi connectivity index (χ1n) is 11.2. The Morgan fingerprint density at radius 1 is 1.12 bits per heavy atom. The molecule has 2 aromatic carbocycles. The molecule has 0 saturated carbocycles. The van der Waals surface area contributed by atoms with Crippen LogP contribution in [0.15, 0.2) is 30.3 Å². The van der Waals surface area contributed by atoms with Crippen molar-refractivity contribution < 1.29 is 19.1 Å². The number of nitrogens with zero attached hydrogens (tertiary/aromatic N) is 2. The highest BCUT2D eigenvalue weighted by molar-refractivity contribution is 6.32. The molecular formula is C25H24ClN3O4. The van der Waals surface area contributed by atoms with E-state index >= 15 is 0 Å². The smallest absolute Gasteiger partial charge is 0.250 e. The van der Waals surface area contributed by atoms with E-state index in [9.17, 15) is 14.4 Å². The number of hydrogen-bond donors (Lipinski definition) is 1. The third-order valence-corrected chi connectivity index (χ3v) is 8.06. The fourth-order valence-electron chi connectivity index (χ4n) is 6.74.